The number of carboxylic acids is 1. The third-order valence-electron chi connectivity index (χ3n) is 3.32. The molecule has 0 aromatic carbocycles. The van der Waals surface area contributed by atoms with Crippen molar-refractivity contribution >= 4 is 5.97 Å². The van der Waals surface area contributed by atoms with Crippen LogP contribution in [0.5, 0.6) is 5.88 Å². The predicted molar refractivity (Wildman–Crippen MR) is 77.7 cm³/mol. The van der Waals surface area contributed by atoms with E-state index in [1.807, 2.05) is 18.2 Å². The first kappa shape index (κ1) is 16.4. The van der Waals surface area contributed by atoms with Gasteiger partial charge >= 0.3 is 5.97 Å². The van der Waals surface area contributed by atoms with Crippen molar-refractivity contribution in [1.29, 1.82) is 0 Å². The van der Waals surface area contributed by atoms with E-state index in [-0.39, 0.29) is 5.92 Å². The van der Waals surface area contributed by atoms with Crippen LogP contribution in [0.2, 0.25) is 0 Å². The maximum absolute atomic E-state index is 10.7. The molecule has 1 heterocycles. The fourth-order valence-corrected chi connectivity index (χ4v) is 1.90. The second kappa shape index (κ2) is 8.53. The lowest BCUT2D eigenvalue weighted by Crippen LogP contribution is -2.26. The lowest BCUT2D eigenvalue weighted by Gasteiger charge is -2.14. The molecular formula is C15H24N2O3. The Labute approximate surface area is 120 Å². The zero-order chi connectivity index (χ0) is 15.0. The van der Waals surface area contributed by atoms with Crippen molar-refractivity contribution in [3.8, 4) is 5.88 Å². The second-order valence-corrected chi connectivity index (χ2v) is 5.12. The van der Waals surface area contributed by atoms with Crippen LogP contribution in [0.15, 0.2) is 18.2 Å². The van der Waals surface area contributed by atoms with Gasteiger partial charge in [0, 0.05) is 18.7 Å². The maximum Gasteiger partial charge on any atom is 0.306 e. The minimum absolute atomic E-state index is 0.262. The summed E-state index contributed by atoms with van der Waals surface area (Å²) in [5.41, 5.74) is 0.940. The monoisotopic (exact) mass is 280 g/mol. The quantitative estimate of drug-likeness (QED) is 0.727. The molecule has 0 saturated carbocycles. The molecule has 0 spiro atoms. The predicted octanol–water partition coefficient (Wildman–Crippen LogP) is 2.46. The van der Waals surface area contributed by atoms with E-state index in [0.29, 0.717) is 18.5 Å². The van der Waals surface area contributed by atoms with Gasteiger partial charge in [-0.3, -0.25) is 4.79 Å². The zero-order valence-electron chi connectivity index (χ0n) is 12.4. The smallest absolute Gasteiger partial charge is 0.306 e. The molecule has 0 aliphatic rings. The summed E-state index contributed by atoms with van der Waals surface area (Å²) in [6.45, 7) is 4.54. The number of pyridine rings is 1. The summed E-state index contributed by atoms with van der Waals surface area (Å²) in [5.74, 6) is -0.360. The average Bonchev–Trinajstić information content (AvgIpc) is 2.45. The van der Waals surface area contributed by atoms with E-state index in [0.717, 1.165) is 25.0 Å². The topological polar surface area (TPSA) is 71.5 Å². The average molecular weight is 280 g/mol. The van der Waals surface area contributed by atoms with Crippen LogP contribution in [0.25, 0.3) is 0 Å². The van der Waals surface area contributed by atoms with Crippen molar-refractivity contribution in [2.45, 2.75) is 45.7 Å². The van der Waals surface area contributed by atoms with Gasteiger partial charge in [0.05, 0.1) is 18.7 Å². The zero-order valence-corrected chi connectivity index (χ0v) is 12.4. The highest BCUT2D eigenvalue weighted by molar-refractivity contribution is 5.69. The van der Waals surface area contributed by atoms with Crippen LogP contribution < -0.4 is 10.1 Å². The standard InChI is InChI=1S/C15H24N2O3/c1-11(15(18)19)6-4-7-12(2)16-10-13-8-5-9-14(17-13)20-3/h5,8-9,11-12,16H,4,6-7,10H2,1-3H3,(H,18,19). The first-order valence-electron chi connectivity index (χ1n) is 6.99. The van der Waals surface area contributed by atoms with Gasteiger partial charge in [-0.15, -0.1) is 0 Å². The molecule has 2 atom stereocenters. The molecule has 20 heavy (non-hydrogen) atoms. The molecule has 1 rings (SSSR count). The molecular weight excluding hydrogens is 256 g/mol. The third kappa shape index (κ3) is 6.02. The van der Waals surface area contributed by atoms with Crippen LogP contribution in [0.1, 0.15) is 38.8 Å². The molecule has 0 radical (unpaired) electrons. The highest BCUT2D eigenvalue weighted by Crippen LogP contribution is 2.10. The van der Waals surface area contributed by atoms with Gasteiger partial charge in [-0.25, -0.2) is 4.98 Å². The van der Waals surface area contributed by atoms with E-state index in [1.54, 1.807) is 14.0 Å². The van der Waals surface area contributed by atoms with Gasteiger partial charge in [0.25, 0.3) is 0 Å². The maximum atomic E-state index is 10.7. The molecule has 5 heteroatoms. The SMILES string of the molecule is COc1cccc(CNC(C)CCCC(C)C(=O)O)n1. The molecule has 0 bridgehead atoms. The molecule has 112 valence electrons. The molecule has 2 unspecified atom stereocenters. The molecule has 2 N–H and O–H groups in total. The fraction of sp³-hybridized carbons (Fsp3) is 0.600. The summed E-state index contributed by atoms with van der Waals surface area (Å²) in [4.78, 5) is 15.0. The van der Waals surface area contributed by atoms with Gasteiger partial charge in [0.2, 0.25) is 5.88 Å². The number of nitrogens with one attached hydrogen (secondary N) is 1. The van der Waals surface area contributed by atoms with Crippen LogP contribution >= 0.6 is 0 Å². The summed E-state index contributed by atoms with van der Waals surface area (Å²) in [5, 5.41) is 12.2. The Kier molecular flexibility index (Phi) is 7.01. The number of carboxylic acid groups (broad SMARTS) is 1. The van der Waals surface area contributed by atoms with Crippen molar-refractivity contribution in [3.05, 3.63) is 23.9 Å². The van der Waals surface area contributed by atoms with Crippen LogP contribution in [0, 0.1) is 5.92 Å². The minimum atomic E-state index is -0.716. The summed E-state index contributed by atoms with van der Waals surface area (Å²) in [6.07, 6.45) is 2.59. The number of nitrogens with zero attached hydrogens (tertiary/aromatic N) is 1. The Balaban J connectivity index is 2.25. The van der Waals surface area contributed by atoms with Crippen molar-refractivity contribution in [2.75, 3.05) is 7.11 Å². The lowest BCUT2D eigenvalue weighted by molar-refractivity contribution is -0.141. The van der Waals surface area contributed by atoms with Crippen LogP contribution in [0.4, 0.5) is 0 Å². The summed E-state index contributed by atoms with van der Waals surface area (Å²) < 4.78 is 5.08. The molecule has 0 aliphatic heterocycles. The van der Waals surface area contributed by atoms with Crippen molar-refractivity contribution in [1.82, 2.24) is 10.3 Å². The Morgan fingerprint density at radius 1 is 1.40 bits per heavy atom. The number of hydrogen-bond donors (Lipinski definition) is 2. The molecule has 5 nitrogen and oxygen atoms in total. The summed E-state index contributed by atoms with van der Waals surface area (Å²) in [7, 11) is 1.60. The van der Waals surface area contributed by atoms with Crippen molar-refractivity contribution in [3.63, 3.8) is 0 Å². The van der Waals surface area contributed by atoms with E-state index in [2.05, 4.69) is 17.2 Å². The highest BCUT2D eigenvalue weighted by atomic mass is 16.5. The number of aliphatic carboxylic acids is 1. The van der Waals surface area contributed by atoms with Gasteiger partial charge in [0.15, 0.2) is 0 Å². The van der Waals surface area contributed by atoms with Crippen LogP contribution in [0.3, 0.4) is 0 Å². The van der Waals surface area contributed by atoms with Gasteiger partial charge in [-0.2, -0.15) is 0 Å². The molecule has 0 amide bonds. The van der Waals surface area contributed by atoms with Gasteiger partial charge in [-0.05, 0) is 25.8 Å². The minimum Gasteiger partial charge on any atom is -0.481 e. The number of ether oxygens (including phenoxy) is 1. The first-order valence-corrected chi connectivity index (χ1v) is 6.99. The molecule has 1 aromatic heterocycles. The van der Waals surface area contributed by atoms with E-state index in [4.69, 9.17) is 9.84 Å². The largest absolute Gasteiger partial charge is 0.481 e. The number of hydrogen-bond acceptors (Lipinski definition) is 4. The highest BCUT2D eigenvalue weighted by Gasteiger charge is 2.11. The number of aromatic nitrogens is 1. The van der Waals surface area contributed by atoms with E-state index in [1.165, 1.54) is 0 Å². The number of rotatable bonds is 9. The normalized spacial score (nSPS) is 13.8. The Bertz CT molecular complexity index is 423. The number of carbonyl (C=O) groups is 1. The summed E-state index contributed by atoms with van der Waals surface area (Å²) in [6, 6.07) is 6.03. The fourth-order valence-electron chi connectivity index (χ4n) is 1.90. The molecule has 1 aromatic rings. The summed E-state index contributed by atoms with van der Waals surface area (Å²) >= 11 is 0. The Hall–Kier alpha value is -1.62. The van der Waals surface area contributed by atoms with Crippen LogP contribution in [-0.4, -0.2) is 29.2 Å². The van der Waals surface area contributed by atoms with Gasteiger partial charge in [0.1, 0.15) is 0 Å². The van der Waals surface area contributed by atoms with E-state index in [9.17, 15) is 4.79 Å². The third-order valence-corrected chi connectivity index (χ3v) is 3.32. The first-order chi connectivity index (χ1) is 9.52. The molecule has 0 fully saturated rings. The van der Waals surface area contributed by atoms with E-state index >= 15 is 0 Å². The van der Waals surface area contributed by atoms with Crippen molar-refractivity contribution < 1.29 is 14.6 Å². The van der Waals surface area contributed by atoms with Crippen LogP contribution in [-0.2, 0) is 11.3 Å². The van der Waals surface area contributed by atoms with Gasteiger partial charge < -0.3 is 15.2 Å². The Morgan fingerprint density at radius 3 is 2.80 bits per heavy atom. The Morgan fingerprint density at radius 2 is 2.15 bits per heavy atom. The van der Waals surface area contributed by atoms with Gasteiger partial charge in [-0.1, -0.05) is 19.4 Å². The van der Waals surface area contributed by atoms with E-state index < -0.39 is 5.97 Å². The number of methoxy groups -OCH3 is 1. The molecule has 0 aliphatic carbocycles. The lowest BCUT2D eigenvalue weighted by atomic mass is 10.0. The second-order valence-electron chi connectivity index (χ2n) is 5.12. The molecule has 0 saturated heterocycles. The van der Waals surface area contributed by atoms with Crippen molar-refractivity contribution in [2.24, 2.45) is 5.92 Å².